The Morgan fingerprint density at radius 2 is 1.28 bits per heavy atom. The van der Waals surface area contributed by atoms with E-state index < -0.39 is 0 Å². The molecule has 2 aromatic carbocycles. The van der Waals surface area contributed by atoms with E-state index in [1.807, 2.05) is 68.6 Å². The zero-order chi connectivity index (χ0) is 18.2. The molecule has 0 bridgehead atoms. The van der Waals surface area contributed by atoms with Gasteiger partial charge in [-0.2, -0.15) is 5.43 Å². The second-order valence-corrected chi connectivity index (χ2v) is 7.84. The van der Waals surface area contributed by atoms with Crippen LogP contribution in [0.3, 0.4) is 0 Å². The zero-order valence-corrected chi connectivity index (χ0v) is 18.2. The zero-order valence-electron chi connectivity index (χ0n) is 14.2. The molecule has 0 saturated heterocycles. The summed E-state index contributed by atoms with van der Waals surface area (Å²) in [6.45, 7) is 3.93. The van der Waals surface area contributed by atoms with Crippen molar-refractivity contribution in [3.63, 3.8) is 0 Å². The molecule has 0 unspecified atom stereocenters. The number of hydrogen-bond acceptors (Lipinski definition) is 4. The van der Waals surface area contributed by atoms with Crippen LogP contribution in [0, 0.1) is 0 Å². The summed E-state index contributed by atoms with van der Waals surface area (Å²) in [4.78, 5) is 0. The number of hydrogen-bond donors (Lipinski definition) is 1. The second kappa shape index (κ2) is 10.0. The van der Waals surface area contributed by atoms with Gasteiger partial charge in [0.1, 0.15) is 5.71 Å². The number of quaternary nitrogens is 1. The van der Waals surface area contributed by atoms with Gasteiger partial charge in [0, 0.05) is 14.5 Å². The van der Waals surface area contributed by atoms with Crippen LogP contribution in [0.2, 0.25) is 0 Å². The largest absolute Gasteiger partial charge is 0.305 e. The highest BCUT2D eigenvalue weighted by molar-refractivity contribution is 9.10. The Balaban J connectivity index is 2.09. The summed E-state index contributed by atoms with van der Waals surface area (Å²) in [6.07, 6.45) is 1.96. The first-order valence-corrected chi connectivity index (χ1v) is 10.4. The van der Waals surface area contributed by atoms with Crippen LogP contribution < -0.4 is 5.43 Å². The molecule has 7 heteroatoms. The van der Waals surface area contributed by atoms with E-state index in [2.05, 4.69) is 47.2 Å². The van der Waals surface area contributed by atoms with E-state index in [9.17, 15) is 0 Å². The monoisotopic (exact) mass is 481 g/mol. The Morgan fingerprint density at radius 3 is 1.76 bits per heavy atom. The number of benzene rings is 2. The molecule has 0 aliphatic heterocycles. The number of nitrogens with zero attached hydrogens (tertiary/aromatic N) is 3. The van der Waals surface area contributed by atoms with Crippen molar-refractivity contribution in [1.82, 2.24) is 0 Å². The standard InChI is InChI=1S/C18H18Br2N4S/c1-12(14-4-8-16(19)9-5-14)21-23-18(25-3)24-22-13(2)15-6-10-17(20)11-7-15/h4-11H,1-3H3,(H,23,24)/p+1. The van der Waals surface area contributed by atoms with E-state index in [-0.39, 0.29) is 0 Å². The van der Waals surface area contributed by atoms with E-state index in [0.29, 0.717) is 0 Å². The number of thioether (sulfide) groups is 1. The van der Waals surface area contributed by atoms with Gasteiger partial charge in [0.25, 0.3) is 0 Å². The maximum absolute atomic E-state index is 4.51. The third kappa shape index (κ3) is 6.51. The number of amidine groups is 1. The predicted molar refractivity (Wildman–Crippen MR) is 116 cm³/mol. The Morgan fingerprint density at radius 1 is 0.800 bits per heavy atom. The lowest BCUT2D eigenvalue weighted by Gasteiger charge is -2.00. The van der Waals surface area contributed by atoms with E-state index in [4.69, 9.17) is 0 Å². The number of rotatable bonds is 4. The van der Waals surface area contributed by atoms with E-state index in [1.54, 1.807) is 5.43 Å². The van der Waals surface area contributed by atoms with Crippen molar-refractivity contribution in [3.8, 4) is 0 Å². The molecule has 2 aromatic rings. The smallest absolute Gasteiger partial charge is 0.165 e. The lowest BCUT2D eigenvalue weighted by molar-refractivity contribution is -0.540. The van der Waals surface area contributed by atoms with Gasteiger partial charge >= 0.3 is 5.17 Å². The van der Waals surface area contributed by atoms with Crippen molar-refractivity contribution in [1.29, 1.82) is 0 Å². The van der Waals surface area contributed by atoms with Gasteiger partial charge in [-0.1, -0.05) is 66.3 Å². The molecular formula is C18H19Br2N4S+. The first-order valence-electron chi connectivity index (χ1n) is 7.55. The van der Waals surface area contributed by atoms with Crippen LogP contribution >= 0.6 is 43.6 Å². The molecule has 0 aliphatic carbocycles. The third-order valence-corrected chi connectivity index (χ3v) is 5.06. The number of nitrogens with two attached hydrogens (primary N) is 1. The van der Waals surface area contributed by atoms with Crippen molar-refractivity contribution in [2.75, 3.05) is 6.26 Å². The summed E-state index contributed by atoms with van der Waals surface area (Å²) in [5.74, 6) is 0. The van der Waals surface area contributed by atoms with Crippen molar-refractivity contribution in [2.24, 2.45) is 15.3 Å². The second-order valence-electron chi connectivity index (χ2n) is 5.19. The van der Waals surface area contributed by atoms with Gasteiger partial charge < -0.3 is 0 Å². The molecule has 0 fully saturated rings. The van der Waals surface area contributed by atoms with Gasteiger partial charge in [-0.25, -0.2) is 0 Å². The van der Waals surface area contributed by atoms with Crippen molar-refractivity contribution in [3.05, 3.63) is 68.6 Å². The van der Waals surface area contributed by atoms with Crippen molar-refractivity contribution in [2.45, 2.75) is 13.8 Å². The van der Waals surface area contributed by atoms with Crippen LogP contribution in [0.15, 0.2) is 72.8 Å². The molecule has 0 saturated carbocycles. The van der Waals surface area contributed by atoms with Crippen LogP contribution in [0.25, 0.3) is 0 Å². The van der Waals surface area contributed by atoms with Gasteiger partial charge in [0.2, 0.25) is 0 Å². The van der Waals surface area contributed by atoms with E-state index in [0.717, 1.165) is 36.7 Å². The molecular weight excluding hydrogens is 464 g/mol. The molecule has 0 atom stereocenters. The molecule has 0 heterocycles. The summed E-state index contributed by atoms with van der Waals surface area (Å²) in [5, 5.41) is 13.9. The third-order valence-electron chi connectivity index (χ3n) is 3.40. The van der Waals surface area contributed by atoms with Gasteiger partial charge in [-0.3, -0.25) is 0 Å². The average Bonchev–Trinajstić information content (AvgIpc) is 2.62. The van der Waals surface area contributed by atoms with Crippen LogP contribution in [0.4, 0.5) is 0 Å². The molecule has 0 spiro atoms. The molecule has 2 N–H and O–H groups in total. The van der Waals surface area contributed by atoms with Crippen LogP contribution in [-0.2, 0) is 0 Å². The van der Waals surface area contributed by atoms with E-state index in [1.165, 1.54) is 11.8 Å². The Labute approximate surface area is 169 Å². The summed E-state index contributed by atoms with van der Waals surface area (Å²) in [5.41, 5.74) is 5.67. The lowest BCUT2D eigenvalue weighted by atomic mass is 10.1. The summed E-state index contributed by atoms with van der Waals surface area (Å²) < 4.78 is 2.10. The van der Waals surface area contributed by atoms with Crippen molar-refractivity contribution < 1.29 is 5.43 Å². The SMILES string of the molecule is CSC(=NN=C(C)c1ccc(Br)cc1)[NH2+]N=C(C)c1ccc(Br)cc1. The topological polar surface area (TPSA) is 53.7 Å². The molecule has 0 radical (unpaired) electrons. The normalized spacial score (nSPS) is 13.2. The fourth-order valence-electron chi connectivity index (χ4n) is 1.91. The maximum Gasteiger partial charge on any atom is 0.305 e. The van der Waals surface area contributed by atoms with Crippen LogP contribution in [-0.4, -0.2) is 22.8 Å². The quantitative estimate of drug-likeness (QED) is 0.293. The summed E-state index contributed by atoms with van der Waals surface area (Å²) in [6, 6.07) is 16.1. The fraction of sp³-hybridized carbons (Fsp3) is 0.167. The van der Waals surface area contributed by atoms with Crippen LogP contribution in [0.1, 0.15) is 25.0 Å². The van der Waals surface area contributed by atoms with E-state index >= 15 is 0 Å². The first kappa shape index (κ1) is 20.0. The predicted octanol–water partition coefficient (Wildman–Crippen LogP) is 4.64. The van der Waals surface area contributed by atoms with Crippen molar-refractivity contribution >= 4 is 60.2 Å². The van der Waals surface area contributed by atoms with Gasteiger partial charge in [0.05, 0.1) is 5.71 Å². The summed E-state index contributed by atoms with van der Waals surface area (Å²) >= 11 is 8.38. The summed E-state index contributed by atoms with van der Waals surface area (Å²) in [7, 11) is 0. The first-order chi connectivity index (χ1) is 12.0. The average molecular weight is 483 g/mol. The lowest BCUT2D eigenvalue weighted by Crippen LogP contribution is -2.81. The minimum atomic E-state index is 0.757. The molecule has 25 heavy (non-hydrogen) atoms. The minimum Gasteiger partial charge on any atom is -0.165 e. The fourth-order valence-corrected chi connectivity index (χ4v) is 2.72. The molecule has 130 valence electrons. The van der Waals surface area contributed by atoms with Gasteiger partial charge in [0.15, 0.2) is 0 Å². The minimum absolute atomic E-state index is 0.757. The number of halogens is 2. The molecule has 0 aliphatic rings. The highest BCUT2D eigenvalue weighted by atomic mass is 79.9. The Kier molecular flexibility index (Phi) is 8.02. The molecule has 4 nitrogen and oxygen atoms in total. The molecule has 0 amide bonds. The van der Waals surface area contributed by atoms with Crippen LogP contribution in [0.5, 0.6) is 0 Å². The molecule has 0 aromatic heterocycles. The highest BCUT2D eigenvalue weighted by Crippen LogP contribution is 2.12. The highest BCUT2D eigenvalue weighted by Gasteiger charge is 2.04. The Hall–Kier alpha value is -1.28. The Bertz CT molecular complexity index is 797. The van der Waals surface area contributed by atoms with Gasteiger partial charge in [-0.15, -0.1) is 5.10 Å². The molecule has 2 rings (SSSR count). The maximum atomic E-state index is 4.51. The van der Waals surface area contributed by atoms with Gasteiger partial charge in [-0.05, 0) is 61.7 Å².